The van der Waals surface area contributed by atoms with Gasteiger partial charge in [-0.25, -0.2) is 9.48 Å². The first kappa shape index (κ1) is 20.9. The van der Waals surface area contributed by atoms with Crippen molar-refractivity contribution in [3.63, 3.8) is 0 Å². The van der Waals surface area contributed by atoms with Crippen LogP contribution in [0, 0.1) is 13.8 Å². The molecule has 3 rings (SSSR count). The standard InChI is InChI=1S/C21H30N6O2/c1-12-7-8-15(9-13(12)2)23-20(29)24-17-11-16(21(4,5)6)26-27(17)19-22-14(3)10-18(28)25-19/h7-9,11,14,19,22H,10H2,1-6H3,(H,25,28)(H2,23,24,29). The summed E-state index contributed by atoms with van der Waals surface area (Å²) in [6.07, 6.45) is -0.126. The number of anilines is 2. The lowest BCUT2D eigenvalue weighted by Gasteiger charge is -2.30. The average molecular weight is 399 g/mol. The third-order valence-corrected chi connectivity index (χ3v) is 4.99. The van der Waals surface area contributed by atoms with E-state index in [1.807, 2.05) is 65.8 Å². The number of aryl methyl sites for hydroxylation is 2. The Kier molecular flexibility index (Phi) is 5.66. The largest absolute Gasteiger partial charge is 0.324 e. The van der Waals surface area contributed by atoms with Crippen LogP contribution in [0.15, 0.2) is 24.3 Å². The Labute approximate surface area is 171 Å². The van der Waals surface area contributed by atoms with Crippen molar-refractivity contribution in [2.24, 2.45) is 0 Å². The Morgan fingerprint density at radius 2 is 1.90 bits per heavy atom. The van der Waals surface area contributed by atoms with E-state index in [9.17, 15) is 9.59 Å². The molecule has 8 heteroatoms. The predicted molar refractivity (Wildman–Crippen MR) is 114 cm³/mol. The van der Waals surface area contributed by atoms with E-state index in [0.717, 1.165) is 16.8 Å². The van der Waals surface area contributed by atoms with Crippen LogP contribution in [-0.4, -0.2) is 27.8 Å². The highest BCUT2D eigenvalue weighted by Gasteiger charge is 2.29. The Balaban J connectivity index is 1.84. The Morgan fingerprint density at radius 3 is 2.52 bits per heavy atom. The molecular formula is C21H30N6O2. The molecular weight excluding hydrogens is 368 g/mol. The quantitative estimate of drug-likeness (QED) is 0.637. The summed E-state index contributed by atoms with van der Waals surface area (Å²) in [4.78, 5) is 24.6. The third kappa shape index (κ3) is 4.95. The van der Waals surface area contributed by atoms with Crippen LogP contribution >= 0.6 is 0 Å². The van der Waals surface area contributed by atoms with E-state index in [1.54, 1.807) is 4.68 Å². The van der Waals surface area contributed by atoms with Crippen LogP contribution < -0.4 is 21.3 Å². The molecule has 4 N–H and O–H groups in total. The molecule has 1 fully saturated rings. The normalized spacial score (nSPS) is 19.6. The molecule has 1 aromatic carbocycles. The number of nitrogens with zero attached hydrogens (tertiary/aromatic N) is 2. The van der Waals surface area contributed by atoms with E-state index >= 15 is 0 Å². The van der Waals surface area contributed by atoms with Crippen molar-refractivity contribution in [2.75, 3.05) is 10.6 Å². The second-order valence-electron chi connectivity index (χ2n) is 8.73. The van der Waals surface area contributed by atoms with Crippen molar-refractivity contribution in [1.82, 2.24) is 20.4 Å². The zero-order chi connectivity index (χ0) is 21.3. The highest BCUT2D eigenvalue weighted by molar-refractivity contribution is 5.99. The van der Waals surface area contributed by atoms with Gasteiger partial charge in [0.25, 0.3) is 0 Å². The van der Waals surface area contributed by atoms with Gasteiger partial charge in [-0.15, -0.1) is 0 Å². The van der Waals surface area contributed by atoms with Crippen molar-refractivity contribution in [1.29, 1.82) is 0 Å². The van der Waals surface area contributed by atoms with Gasteiger partial charge in [-0.1, -0.05) is 26.8 Å². The van der Waals surface area contributed by atoms with Gasteiger partial charge in [0.05, 0.1) is 5.69 Å². The van der Waals surface area contributed by atoms with Crippen molar-refractivity contribution >= 4 is 23.4 Å². The lowest BCUT2D eigenvalue weighted by atomic mass is 9.92. The molecule has 0 aliphatic carbocycles. The minimum atomic E-state index is -0.528. The summed E-state index contributed by atoms with van der Waals surface area (Å²) in [5.41, 5.74) is 3.58. The second kappa shape index (κ2) is 7.87. The first-order valence-electron chi connectivity index (χ1n) is 9.83. The monoisotopic (exact) mass is 398 g/mol. The first-order valence-corrected chi connectivity index (χ1v) is 9.83. The van der Waals surface area contributed by atoms with Gasteiger partial charge in [-0.05, 0) is 44.0 Å². The lowest BCUT2D eigenvalue weighted by Crippen LogP contribution is -2.52. The fraction of sp³-hybridized carbons (Fsp3) is 0.476. The van der Waals surface area contributed by atoms with Crippen LogP contribution in [0.4, 0.5) is 16.3 Å². The molecule has 0 spiro atoms. The van der Waals surface area contributed by atoms with Crippen LogP contribution in [0.25, 0.3) is 0 Å². The van der Waals surface area contributed by atoms with Gasteiger partial charge in [0.2, 0.25) is 5.91 Å². The molecule has 1 aliphatic rings. The molecule has 3 amide bonds. The summed E-state index contributed by atoms with van der Waals surface area (Å²) in [6, 6.07) is 7.24. The van der Waals surface area contributed by atoms with E-state index in [1.165, 1.54) is 0 Å². The highest BCUT2D eigenvalue weighted by Crippen LogP contribution is 2.26. The SMILES string of the molecule is Cc1ccc(NC(=O)Nc2cc(C(C)(C)C)nn2C2NC(=O)CC(C)N2)cc1C. The smallest absolute Gasteiger partial charge is 0.322 e. The number of carbonyl (C=O) groups is 2. The topological polar surface area (TPSA) is 100 Å². The molecule has 0 bridgehead atoms. The molecule has 2 atom stereocenters. The van der Waals surface area contributed by atoms with E-state index in [-0.39, 0.29) is 23.4 Å². The van der Waals surface area contributed by atoms with E-state index < -0.39 is 6.29 Å². The zero-order valence-electron chi connectivity index (χ0n) is 17.9. The third-order valence-electron chi connectivity index (χ3n) is 4.99. The van der Waals surface area contributed by atoms with Gasteiger partial charge in [-0.2, -0.15) is 5.10 Å². The minimum Gasteiger partial charge on any atom is -0.322 e. The number of hydrogen-bond donors (Lipinski definition) is 4. The summed E-state index contributed by atoms with van der Waals surface area (Å²) in [5, 5.41) is 16.6. The number of benzene rings is 1. The summed E-state index contributed by atoms with van der Waals surface area (Å²) in [5.74, 6) is 0.447. The second-order valence-corrected chi connectivity index (χ2v) is 8.73. The Morgan fingerprint density at radius 1 is 1.17 bits per heavy atom. The fourth-order valence-corrected chi connectivity index (χ4v) is 3.14. The Hall–Kier alpha value is -2.87. The van der Waals surface area contributed by atoms with Crippen molar-refractivity contribution in [3.05, 3.63) is 41.1 Å². The minimum absolute atomic E-state index is 0.00764. The van der Waals surface area contributed by atoms with Crippen LogP contribution in [0.3, 0.4) is 0 Å². The molecule has 2 unspecified atom stereocenters. The predicted octanol–water partition coefficient (Wildman–Crippen LogP) is 3.40. The molecule has 1 aliphatic heterocycles. The van der Waals surface area contributed by atoms with Crippen molar-refractivity contribution in [2.45, 2.75) is 65.7 Å². The number of carbonyl (C=O) groups excluding carboxylic acids is 2. The average Bonchev–Trinajstić information content (AvgIpc) is 3.01. The van der Waals surface area contributed by atoms with Crippen LogP contribution in [0.1, 0.15) is 57.2 Å². The van der Waals surface area contributed by atoms with Crippen LogP contribution in [-0.2, 0) is 10.2 Å². The van der Waals surface area contributed by atoms with Crippen LogP contribution in [0.5, 0.6) is 0 Å². The summed E-state index contributed by atoms with van der Waals surface area (Å²) in [7, 11) is 0. The molecule has 156 valence electrons. The molecule has 2 aromatic rings. The van der Waals surface area contributed by atoms with Gasteiger partial charge in [0.15, 0.2) is 6.29 Å². The van der Waals surface area contributed by atoms with E-state index in [2.05, 4.69) is 26.4 Å². The van der Waals surface area contributed by atoms with E-state index in [4.69, 9.17) is 0 Å². The lowest BCUT2D eigenvalue weighted by molar-refractivity contribution is -0.125. The zero-order valence-corrected chi connectivity index (χ0v) is 17.9. The highest BCUT2D eigenvalue weighted by atomic mass is 16.2. The fourth-order valence-electron chi connectivity index (χ4n) is 3.14. The number of hydrogen-bond acceptors (Lipinski definition) is 4. The maximum atomic E-state index is 12.6. The summed E-state index contributed by atoms with van der Waals surface area (Å²) >= 11 is 0. The number of rotatable bonds is 3. The molecule has 1 saturated heterocycles. The van der Waals surface area contributed by atoms with Gasteiger partial charge in [0, 0.05) is 29.6 Å². The summed E-state index contributed by atoms with van der Waals surface area (Å²) in [6.45, 7) is 12.1. The van der Waals surface area contributed by atoms with E-state index in [0.29, 0.717) is 17.9 Å². The van der Waals surface area contributed by atoms with Gasteiger partial charge in [-0.3, -0.25) is 15.4 Å². The number of nitrogens with one attached hydrogen (secondary N) is 4. The molecule has 0 saturated carbocycles. The maximum Gasteiger partial charge on any atom is 0.324 e. The van der Waals surface area contributed by atoms with Gasteiger partial charge >= 0.3 is 6.03 Å². The molecule has 8 nitrogen and oxygen atoms in total. The van der Waals surface area contributed by atoms with Crippen LogP contribution in [0.2, 0.25) is 0 Å². The molecule has 0 radical (unpaired) electrons. The molecule has 1 aromatic heterocycles. The Bertz CT molecular complexity index is 928. The van der Waals surface area contributed by atoms with Crippen molar-refractivity contribution < 1.29 is 9.59 Å². The van der Waals surface area contributed by atoms with Crippen molar-refractivity contribution in [3.8, 4) is 0 Å². The van der Waals surface area contributed by atoms with Gasteiger partial charge in [0.1, 0.15) is 5.82 Å². The number of aromatic nitrogens is 2. The maximum absolute atomic E-state index is 12.6. The number of urea groups is 1. The molecule has 2 heterocycles. The first-order chi connectivity index (χ1) is 13.5. The number of amides is 3. The van der Waals surface area contributed by atoms with Gasteiger partial charge < -0.3 is 10.6 Å². The molecule has 29 heavy (non-hydrogen) atoms. The summed E-state index contributed by atoms with van der Waals surface area (Å²) < 4.78 is 1.62.